The molecule has 5 heteroatoms. The van der Waals surface area contributed by atoms with Crippen molar-refractivity contribution in [3.63, 3.8) is 0 Å². The molecule has 0 atom stereocenters. The minimum atomic E-state index is 0.757. The van der Waals surface area contributed by atoms with Crippen LogP contribution in [0.5, 0.6) is 0 Å². The fourth-order valence-electron chi connectivity index (χ4n) is 3.90. The van der Waals surface area contributed by atoms with Gasteiger partial charge in [0, 0.05) is 16.3 Å². The first-order valence-electron chi connectivity index (χ1n) is 9.55. The first kappa shape index (κ1) is 18.1. The van der Waals surface area contributed by atoms with Crippen LogP contribution in [0.15, 0.2) is 48.7 Å². The molecule has 27 heavy (non-hydrogen) atoms. The molecule has 1 aromatic heterocycles. The molecule has 0 bridgehead atoms. The molecule has 4 rings (SSSR count). The molecular formula is C22H26ClN4+. The maximum absolute atomic E-state index is 6.02. The maximum atomic E-state index is 6.02. The van der Waals surface area contributed by atoms with Gasteiger partial charge in [-0.05, 0) is 43.2 Å². The van der Waals surface area contributed by atoms with E-state index >= 15 is 0 Å². The zero-order valence-corrected chi connectivity index (χ0v) is 16.7. The SMILES string of the molecule is Cc1cccc(N2CC[NH+](Cc3cn[nH]c3-c3ccc(Cl)cc3)CC2)c1C. The Morgan fingerprint density at radius 1 is 1.07 bits per heavy atom. The summed E-state index contributed by atoms with van der Waals surface area (Å²) in [6.45, 7) is 9.87. The molecule has 1 aliphatic rings. The number of aromatic nitrogens is 2. The Kier molecular flexibility index (Phi) is 5.19. The summed E-state index contributed by atoms with van der Waals surface area (Å²) in [5.74, 6) is 0. The highest BCUT2D eigenvalue weighted by molar-refractivity contribution is 6.30. The number of halogens is 1. The molecule has 2 heterocycles. The number of rotatable bonds is 4. The Hall–Kier alpha value is -2.30. The molecule has 2 aromatic carbocycles. The second-order valence-corrected chi connectivity index (χ2v) is 7.85. The number of hydrogen-bond acceptors (Lipinski definition) is 2. The van der Waals surface area contributed by atoms with Gasteiger partial charge in [-0.25, -0.2) is 0 Å². The molecule has 0 unspecified atom stereocenters. The molecule has 0 aliphatic carbocycles. The number of H-pyrrole nitrogens is 1. The van der Waals surface area contributed by atoms with Gasteiger partial charge in [-0.2, -0.15) is 5.10 Å². The number of aryl methyl sites for hydroxylation is 1. The fraction of sp³-hybridized carbons (Fsp3) is 0.318. The normalized spacial score (nSPS) is 15.3. The van der Waals surface area contributed by atoms with Crippen molar-refractivity contribution in [1.29, 1.82) is 0 Å². The summed E-state index contributed by atoms with van der Waals surface area (Å²) in [6.07, 6.45) is 1.97. The van der Waals surface area contributed by atoms with Gasteiger partial charge in [0.25, 0.3) is 0 Å². The Labute approximate surface area is 165 Å². The van der Waals surface area contributed by atoms with Crippen LogP contribution in [-0.4, -0.2) is 36.4 Å². The number of benzene rings is 2. The summed E-state index contributed by atoms with van der Waals surface area (Å²) in [5, 5.41) is 8.21. The van der Waals surface area contributed by atoms with Gasteiger partial charge in [0.05, 0.1) is 43.6 Å². The van der Waals surface area contributed by atoms with E-state index in [0.717, 1.165) is 49.0 Å². The summed E-state index contributed by atoms with van der Waals surface area (Å²) in [4.78, 5) is 4.13. The standard InChI is InChI=1S/C22H25ClN4/c1-16-4-3-5-21(17(16)2)27-12-10-26(11-13-27)15-19-14-24-25-22(19)18-6-8-20(23)9-7-18/h3-9,14H,10-13,15H2,1-2H3,(H,24,25)/p+1. The maximum Gasteiger partial charge on any atom is 0.107 e. The van der Waals surface area contributed by atoms with Crippen LogP contribution in [-0.2, 0) is 6.54 Å². The third kappa shape index (κ3) is 3.87. The van der Waals surface area contributed by atoms with Gasteiger partial charge in [0.2, 0.25) is 0 Å². The lowest BCUT2D eigenvalue weighted by atomic mass is 10.1. The largest absolute Gasteiger partial charge is 0.360 e. The highest BCUT2D eigenvalue weighted by Crippen LogP contribution is 2.24. The van der Waals surface area contributed by atoms with Gasteiger partial charge < -0.3 is 9.80 Å². The predicted molar refractivity (Wildman–Crippen MR) is 112 cm³/mol. The number of piperazine rings is 1. The average molecular weight is 382 g/mol. The smallest absolute Gasteiger partial charge is 0.107 e. The second kappa shape index (κ2) is 7.75. The van der Waals surface area contributed by atoms with Gasteiger partial charge in [0.15, 0.2) is 0 Å². The molecule has 1 aliphatic heterocycles. The summed E-state index contributed by atoms with van der Waals surface area (Å²) in [7, 11) is 0. The van der Waals surface area contributed by atoms with Crippen LogP contribution in [0, 0.1) is 13.8 Å². The van der Waals surface area contributed by atoms with Crippen molar-refractivity contribution >= 4 is 17.3 Å². The number of anilines is 1. The quantitative estimate of drug-likeness (QED) is 0.727. The van der Waals surface area contributed by atoms with Crippen molar-refractivity contribution in [2.75, 3.05) is 31.1 Å². The monoisotopic (exact) mass is 381 g/mol. The third-order valence-corrected chi connectivity index (χ3v) is 5.93. The summed E-state index contributed by atoms with van der Waals surface area (Å²) in [5.41, 5.74) is 7.68. The van der Waals surface area contributed by atoms with Crippen LogP contribution in [0.1, 0.15) is 16.7 Å². The van der Waals surface area contributed by atoms with Crippen molar-refractivity contribution in [3.8, 4) is 11.3 Å². The van der Waals surface area contributed by atoms with Crippen molar-refractivity contribution in [2.45, 2.75) is 20.4 Å². The minimum Gasteiger partial charge on any atom is -0.360 e. The number of aromatic amines is 1. The van der Waals surface area contributed by atoms with Crippen LogP contribution in [0.25, 0.3) is 11.3 Å². The van der Waals surface area contributed by atoms with Gasteiger partial charge >= 0.3 is 0 Å². The second-order valence-electron chi connectivity index (χ2n) is 7.41. The van der Waals surface area contributed by atoms with E-state index in [-0.39, 0.29) is 0 Å². The van der Waals surface area contributed by atoms with E-state index in [9.17, 15) is 0 Å². The molecule has 0 amide bonds. The van der Waals surface area contributed by atoms with Gasteiger partial charge in [-0.1, -0.05) is 35.9 Å². The highest BCUT2D eigenvalue weighted by atomic mass is 35.5. The van der Waals surface area contributed by atoms with Gasteiger partial charge in [-0.15, -0.1) is 0 Å². The van der Waals surface area contributed by atoms with Crippen molar-refractivity contribution < 1.29 is 4.90 Å². The number of nitrogens with zero attached hydrogens (tertiary/aromatic N) is 2. The Balaban J connectivity index is 1.42. The van der Waals surface area contributed by atoms with Gasteiger partial charge in [0.1, 0.15) is 6.54 Å². The lowest BCUT2D eigenvalue weighted by Crippen LogP contribution is -3.13. The summed E-state index contributed by atoms with van der Waals surface area (Å²) in [6, 6.07) is 14.6. The number of quaternary nitrogens is 1. The topological polar surface area (TPSA) is 36.4 Å². The zero-order valence-electron chi connectivity index (χ0n) is 15.9. The van der Waals surface area contributed by atoms with E-state index in [1.165, 1.54) is 22.4 Å². The highest BCUT2D eigenvalue weighted by Gasteiger charge is 2.23. The third-order valence-electron chi connectivity index (χ3n) is 5.68. The first-order valence-corrected chi connectivity index (χ1v) is 9.92. The van der Waals surface area contributed by atoms with Crippen LogP contribution in [0.2, 0.25) is 5.02 Å². The molecule has 0 saturated carbocycles. The van der Waals surface area contributed by atoms with Crippen molar-refractivity contribution in [2.24, 2.45) is 0 Å². The van der Waals surface area contributed by atoms with Crippen LogP contribution in [0.3, 0.4) is 0 Å². The predicted octanol–water partition coefficient (Wildman–Crippen LogP) is 3.25. The Morgan fingerprint density at radius 2 is 1.81 bits per heavy atom. The molecule has 4 nitrogen and oxygen atoms in total. The molecule has 0 spiro atoms. The minimum absolute atomic E-state index is 0.757. The average Bonchev–Trinajstić information content (AvgIpc) is 3.13. The summed E-state index contributed by atoms with van der Waals surface area (Å²) < 4.78 is 0. The lowest BCUT2D eigenvalue weighted by molar-refractivity contribution is -0.914. The lowest BCUT2D eigenvalue weighted by Gasteiger charge is -2.34. The van der Waals surface area contributed by atoms with Crippen molar-refractivity contribution in [3.05, 3.63) is 70.4 Å². The zero-order chi connectivity index (χ0) is 18.8. The van der Waals surface area contributed by atoms with Crippen LogP contribution >= 0.6 is 11.6 Å². The van der Waals surface area contributed by atoms with Crippen LogP contribution < -0.4 is 9.80 Å². The Bertz CT molecular complexity index is 908. The molecular weight excluding hydrogens is 356 g/mol. The molecule has 2 N–H and O–H groups in total. The Morgan fingerprint density at radius 3 is 2.56 bits per heavy atom. The van der Waals surface area contributed by atoms with E-state index in [2.05, 4.69) is 47.1 Å². The van der Waals surface area contributed by atoms with E-state index < -0.39 is 0 Å². The van der Waals surface area contributed by atoms with Gasteiger partial charge in [-0.3, -0.25) is 5.10 Å². The fourth-order valence-corrected chi connectivity index (χ4v) is 4.03. The molecule has 1 fully saturated rings. The molecule has 1 saturated heterocycles. The first-order chi connectivity index (χ1) is 13.1. The molecule has 3 aromatic rings. The van der Waals surface area contributed by atoms with E-state index in [0.29, 0.717) is 0 Å². The molecule has 0 radical (unpaired) electrons. The molecule has 140 valence electrons. The van der Waals surface area contributed by atoms with E-state index in [1.807, 2.05) is 30.5 Å². The van der Waals surface area contributed by atoms with E-state index in [1.54, 1.807) is 4.90 Å². The van der Waals surface area contributed by atoms with Crippen LogP contribution in [0.4, 0.5) is 5.69 Å². The van der Waals surface area contributed by atoms with Crippen molar-refractivity contribution in [1.82, 2.24) is 10.2 Å². The number of hydrogen-bond donors (Lipinski definition) is 2. The van der Waals surface area contributed by atoms with E-state index in [4.69, 9.17) is 11.6 Å². The number of nitrogens with one attached hydrogen (secondary N) is 2. The summed E-state index contributed by atoms with van der Waals surface area (Å²) >= 11 is 6.02.